The normalized spacial score (nSPS) is 10.7. The van der Waals surface area contributed by atoms with Gasteiger partial charge in [0.1, 0.15) is 0 Å². The van der Waals surface area contributed by atoms with Crippen molar-refractivity contribution in [2.45, 2.75) is 13.8 Å². The number of hydrogen-bond donors (Lipinski definition) is 1. The number of amides is 1. The minimum absolute atomic E-state index is 0.0925. The van der Waals surface area contributed by atoms with Crippen LogP contribution >= 0.6 is 31.9 Å². The predicted molar refractivity (Wildman–Crippen MR) is 79.8 cm³/mol. The van der Waals surface area contributed by atoms with Crippen molar-refractivity contribution in [1.82, 2.24) is 5.32 Å². The molecule has 1 aromatic rings. The van der Waals surface area contributed by atoms with Crippen molar-refractivity contribution in [3.63, 3.8) is 0 Å². The molecule has 0 bridgehead atoms. The second kappa shape index (κ2) is 7.92. The van der Waals surface area contributed by atoms with Crippen molar-refractivity contribution in [3.8, 4) is 0 Å². The summed E-state index contributed by atoms with van der Waals surface area (Å²) in [7, 11) is 0. The summed E-state index contributed by atoms with van der Waals surface area (Å²) in [6.07, 6.45) is 0. The zero-order valence-corrected chi connectivity index (χ0v) is 13.7. The zero-order chi connectivity index (χ0) is 13.5. The lowest BCUT2D eigenvalue weighted by Crippen LogP contribution is -2.27. The molecule has 1 rings (SSSR count). The second-order valence-corrected chi connectivity index (χ2v) is 6.21. The van der Waals surface area contributed by atoms with Crippen LogP contribution in [0.15, 0.2) is 27.1 Å². The van der Waals surface area contributed by atoms with Crippen LogP contribution in [0.5, 0.6) is 0 Å². The quantitative estimate of drug-likeness (QED) is 0.768. The molecule has 0 aromatic heterocycles. The smallest absolute Gasteiger partial charge is 0.251 e. The van der Waals surface area contributed by atoms with Crippen LogP contribution in [0.4, 0.5) is 0 Å². The summed E-state index contributed by atoms with van der Waals surface area (Å²) in [5.74, 6) is 0.423. The molecule has 5 heteroatoms. The number of halogens is 2. The number of carbonyl (C=O) groups excluding carboxylic acids is 1. The maximum atomic E-state index is 11.8. The first-order chi connectivity index (χ1) is 8.49. The molecule has 1 amide bonds. The SMILES string of the molecule is CC(C)COCCNC(=O)c1cc(Br)cc(Br)c1. The Kier molecular flexibility index (Phi) is 6.89. The monoisotopic (exact) mass is 377 g/mol. The third kappa shape index (κ3) is 5.98. The van der Waals surface area contributed by atoms with E-state index < -0.39 is 0 Å². The van der Waals surface area contributed by atoms with Crippen LogP contribution in [-0.4, -0.2) is 25.7 Å². The fraction of sp³-hybridized carbons (Fsp3) is 0.462. The molecule has 0 saturated carbocycles. The standard InChI is InChI=1S/C13H17Br2NO2/c1-9(2)8-18-4-3-16-13(17)10-5-11(14)7-12(15)6-10/h5-7,9H,3-4,8H2,1-2H3,(H,16,17). The highest BCUT2D eigenvalue weighted by Gasteiger charge is 2.06. The molecule has 1 N–H and O–H groups in total. The van der Waals surface area contributed by atoms with Crippen LogP contribution in [-0.2, 0) is 4.74 Å². The van der Waals surface area contributed by atoms with E-state index in [9.17, 15) is 4.79 Å². The van der Waals surface area contributed by atoms with Gasteiger partial charge in [0.2, 0.25) is 0 Å². The Labute approximate surface area is 125 Å². The molecule has 1 aromatic carbocycles. The number of benzene rings is 1. The molecule has 0 aliphatic rings. The zero-order valence-electron chi connectivity index (χ0n) is 10.5. The van der Waals surface area contributed by atoms with Crippen LogP contribution in [0, 0.1) is 5.92 Å². The summed E-state index contributed by atoms with van der Waals surface area (Å²) >= 11 is 6.71. The van der Waals surface area contributed by atoms with Crippen molar-refractivity contribution in [2.24, 2.45) is 5.92 Å². The summed E-state index contributed by atoms with van der Waals surface area (Å²) in [5, 5.41) is 2.82. The fourth-order valence-corrected chi connectivity index (χ4v) is 2.64. The molecule has 0 radical (unpaired) electrons. The van der Waals surface area contributed by atoms with Crippen molar-refractivity contribution in [2.75, 3.05) is 19.8 Å². The molecular formula is C13H17Br2NO2. The molecule has 0 fully saturated rings. The van der Waals surface area contributed by atoms with Gasteiger partial charge in [0.05, 0.1) is 6.61 Å². The highest BCUT2D eigenvalue weighted by molar-refractivity contribution is 9.11. The van der Waals surface area contributed by atoms with Crippen LogP contribution in [0.2, 0.25) is 0 Å². The topological polar surface area (TPSA) is 38.3 Å². The van der Waals surface area contributed by atoms with Crippen molar-refractivity contribution >= 4 is 37.8 Å². The number of hydrogen-bond acceptors (Lipinski definition) is 2. The van der Waals surface area contributed by atoms with Gasteiger partial charge >= 0.3 is 0 Å². The Morgan fingerprint density at radius 2 is 1.89 bits per heavy atom. The number of rotatable bonds is 6. The van der Waals surface area contributed by atoms with E-state index in [1.54, 1.807) is 12.1 Å². The van der Waals surface area contributed by atoms with Crippen molar-refractivity contribution in [1.29, 1.82) is 0 Å². The summed E-state index contributed by atoms with van der Waals surface area (Å²) in [6.45, 7) is 5.97. The Balaban J connectivity index is 2.36. The predicted octanol–water partition coefficient (Wildman–Crippen LogP) is 3.61. The van der Waals surface area contributed by atoms with Crippen LogP contribution in [0.1, 0.15) is 24.2 Å². The largest absolute Gasteiger partial charge is 0.379 e. The van der Waals surface area contributed by atoms with Gasteiger partial charge in [-0.3, -0.25) is 4.79 Å². The molecule has 3 nitrogen and oxygen atoms in total. The molecule has 0 aliphatic carbocycles. The van der Waals surface area contributed by atoms with Gasteiger partial charge in [-0.15, -0.1) is 0 Å². The average molecular weight is 379 g/mol. The van der Waals surface area contributed by atoms with Gasteiger partial charge in [-0.05, 0) is 24.1 Å². The number of ether oxygens (including phenoxy) is 1. The van der Waals surface area contributed by atoms with E-state index >= 15 is 0 Å². The summed E-state index contributed by atoms with van der Waals surface area (Å²) in [4.78, 5) is 11.8. The minimum Gasteiger partial charge on any atom is -0.379 e. The maximum Gasteiger partial charge on any atom is 0.251 e. The molecule has 100 valence electrons. The van der Waals surface area contributed by atoms with E-state index in [0.717, 1.165) is 15.6 Å². The molecule has 0 spiro atoms. The number of nitrogens with one attached hydrogen (secondary N) is 1. The summed E-state index contributed by atoms with van der Waals surface area (Å²) in [6, 6.07) is 5.46. The first-order valence-corrected chi connectivity index (χ1v) is 7.39. The highest BCUT2D eigenvalue weighted by Crippen LogP contribution is 2.19. The van der Waals surface area contributed by atoms with Gasteiger partial charge in [0.15, 0.2) is 0 Å². The van der Waals surface area contributed by atoms with Gasteiger partial charge in [0, 0.05) is 27.7 Å². The van der Waals surface area contributed by atoms with Crippen molar-refractivity contribution < 1.29 is 9.53 Å². The van der Waals surface area contributed by atoms with Gasteiger partial charge in [0.25, 0.3) is 5.91 Å². The lowest BCUT2D eigenvalue weighted by molar-refractivity contribution is 0.0886. The number of carbonyl (C=O) groups is 1. The first kappa shape index (κ1) is 15.7. The Bertz CT molecular complexity index is 388. The highest BCUT2D eigenvalue weighted by atomic mass is 79.9. The maximum absolute atomic E-state index is 11.8. The van der Waals surface area contributed by atoms with Gasteiger partial charge in [-0.1, -0.05) is 45.7 Å². The molecule has 0 saturated heterocycles. The van der Waals surface area contributed by atoms with Crippen LogP contribution < -0.4 is 5.32 Å². The van der Waals surface area contributed by atoms with Gasteiger partial charge in [-0.2, -0.15) is 0 Å². The van der Waals surface area contributed by atoms with E-state index in [1.807, 2.05) is 6.07 Å². The van der Waals surface area contributed by atoms with Crippen LogP contribution in [0.3, 0.4) is 0 Å². The lowest BCUT2D eigenvalue weighted by atomic mass is 10.2. The van der Waals surface area contributed by atoms with Crippen molar-refractivity contribution in [3.05, 3.63) is 32.7 Å². The molecule has 0 unspecified atom stereocenters. The first-order valence-electron chi connectivity index (χ1n) is 5.81. The molecule has 0 atom stereocenters. The van der Waals surface area contributed by atoms with E-state index in [1.165, 1.54) is 0 Å². The summed E-state index contributed by atoms with van der Waals surface area (Å²) in [5.41, 5.74) is 0.625. The molecule has 0 heterocycles. The minimum atomic E-state index is -0.0925. The molecular weight excluding hydrogens is 362 g/mol. The lowest BCUT2D eigenvalue weighted by Gasteiger charge is -2.08. The second-order valence-electron chi connectivity index (χ2n) is 4.38. The Morgan fingerprint density at radius 3 is 2.44 bits per heavy atom. The van der Waals surface area contributed by atoms with Gasteiger partial charge in [-0.25, -0.2) is 0 Å². The average Bonchev–Trinajstić information content (AvgIpc) is 2.26. The summed E-state index contributed by atoms with van der Waals surface area (Å²) < 4.78 is 7.14. The third-order valence-electron chi connectivity index (χ3n) is 2.11. The molecule has 0 aliphatic heterocycles. The van der Waals surface area contributed by atoms with E-state index in [-0.39, 0.29) is 5.91 Å². The third-order valence-corrected chi connectivity index (χ3v) is 3.02. The van der Waals surface area contributed by atoms with E-state index in [0.29, 0.717) is 24.6 Å². The Morgan fingerprint density at radius 1 is 1.28 bits per heavy atom. The fourth-order valence-electron chi connectivity index (χ4n) is 1.34. The van der Waals surface area contributed by atoms with E-state index in [4.69, 9.17) is 4.74 Å². The van der Waals surface area contributed by atoms with Gasteiger partial charge < -0.3 is 10.1 Å². The van der Waals surface area contributed by atoms with Crippen LogP contribution in [0.25, 0.3) is 0 Å². The van der Waals surface area contributed by atoms with E-state index in [2.05, 4.69) is 51.0 Å². The Hall–Kier alpha value is -0.390. The molecule has 18 heavy (non-hydrogen) atoms.